The van der Waals surface area contributed by atoms with Crippen LogP contribution in [0.5, 0.6) is 0 Å². The lowest BCUT2D eigenvalue weighted by Crippen LogP contribution is -1.82. The quantitative estimate of drug-likeness (QED) is 0.234. The molecular formula is C34H26. The predicted molar refractivity (Wildman–Crippen MR) is 148 cm³/mol. The highest BCUT2D eigenvalue weighted by Crippen LogP contribution is 2.26. The summed E-state index contributed by atoms with van der Waals surface area (Å²) >= 11 is 0. The van der Waals surface area contributed by atoms with Crippen LogP contribution in [0.4, 0.5) is 0 Å². The van der Waals surface area contributed by atoms with E-state index in [2.05, 4.69) is 146 Å². The first-order valence-electron chi connectivity index (χ1n) is 11.6. The molecule has 0 nitrogen and oxygen atoms in total. The second-order valence-electron chi connectivity index (χ2n) is 8.31. The molecule has 0 fully saturated rings. The van der Waals surface area contributed by atoms with Gasteiger partial charge in [0, 0.05) is 0 Å². The maximum atomic E-state index is 2.20. The van der Waals surface area contributed by atoms with Gasteiger partial charge in [0.05, 0.1) is 0 Å². The van der Waals surface area contributed by atoms with Crippen molar-refractivity contribution in [3.8, 4) is 22.3 Å². The minimum absolute atomic E-state index is 1.20. The molecule has 0 spiro atoms. The normalized spacial score (nSPS) is 11.3. The zero-order valence-corrected chi connectivity index (χ0v) is 19.0. The highest BCUT2D eigenvalue weighted by molar-refractivity contribution is 5.75. The molecule has 5 aromatic carbocycles. The van der Waals surface area contributed by atoms with Crippen molar-refractivity contribution < 1.29 is 0 Å². The maximum Gasteiger partial charge on any atom is -0.0184 e. The van der Waals surface area contributed by atoms with E-state index in [9.17, 15) is 0 Å². The van der Waals surface area contributed by atoms with E-state index in [0.717, 1.165) is 0 Å². The molecule has 34 heavy (non-hydrogen) atoms. The fourth-order valence-corrected chi connectivity index (χ4v) is 3.94. The van der Waals surface area contributed by atoms with Crippen molar-refractivity contribution >= 4 is 24.3 Å². The standard InChI is InChI=1S/C34H26/c1-3-7-27(8-4-1)11-13-29-15-19-31(20-16-29)33-23-25-34(26-24-33)32-21-17-30(18-22-32)14-12-28-9-5-2-6-10-28/h1-26H. The minimum Gasteiger partial charge on any atom is -0.0622 e. The van der Waals surface area contributed by atoms with Gasteiger partial charge in [-0.25, -0.2) is 0 Å². The highest BCUT2D eigenvalue weighted by Gasteiger charge is 2.01. The third kappa shape index (κ3) is 5.49. The largest absolute Gasteiger partial charge is 0.0622 e. The van der Waals surface area contributed by atoms with Crippen molar-refractivity contribution in [3.63, 3.8) is 0 Å². The molecule has 0 aromatic heterocycles. The highest BCUT2D eigenvalue weighted by atomic mass is 14.1. The second-order valence-corrected chi connectivity index (χ2v) is 8.31. The van der Waals surface area contributed by atoms with E-state index in [4.69, 9.17) is 0 Å². The van der Waals surface area contributed by atoms with Crippen LogP contribution in [-0.4, -0.2) is 0 Å². The number of benzene rings is 5. The molecule has 5 rings (SSSR count). The van der Waals surface area contributed by atoms with Crippen molar-refractivity contribution in [1.82, 2.24) is 0 Å². The van der Waals surface area contributed by atoms with Crippen LogP contribution in [0.2, 0.25) is 0 Å². The van der Waals surface area contributed by atoms with E-state index in [-0.39, 0.29) is 0 Å². The molecule has 0 saturated carbocycles. The smallest absolute Gasteiger partial charge is 0.0184 e. The van der Waals surface area contributed by atoms with Gasteiger partial charge in [-0.15, -0.1) is 0 Å². The Bertz CT molecular complexity index is 1260. The molecule has 0 aliphatic heterocycles. The average molecular weight is 435 g/mol. The molecule has 0 heterocycles. The summed E-state index contributed by atoms with van der Waals surface area (Å²) in [6.45, 7) is 0. The monoisotopic (exact) mass is 434 g/mol. The molecule has 5 aromatic rings. The van der Waals surface area contributed by atoms with Crippen molar-refractivity contribution in [1.29, 1.82) is 0 Å². The van der Waals surface area contributed by atoms with Crippen LogP contribution in [-0.2, 0) is 0 Å². The summed E-state index contributed by atoms with van der Waals surface area (Å²) in [5.74, 6) is 0. The first-order valence-corrected chi connectivity index (χ1v) is 11.6. The Balaban J connectivity index is 1.25. The summed E-state index contributed by atoms with van der Waals surface area (Å²) in [7, 11) is 0. The molecule has 0 aliphatic rings. The molecule has 0 atom stereocenters. The number of hydrogen-bond acceptors (Lipinski definition) is 0. The maximum absolute atomic E-state index is 2.20. The third-order valence-corrected chi connectivity index (χ3v) is 5.91. The molecule has 0 heteroatoms. The van der Waals surface area contributed by atoms with Gasteiger partial charge in [-0.3, -0.25) is 0 Å². The third-order valence-electron chi connectivity index (χ3n) is 5.91. The van der Waals surface area contributed by atoms with Crippen molar-refractivity contribution in [2.75, 3.05) is 0 Å². The van der Waals surface area contributed by atoms with Gasteiger partial charge in [0.1, 0.15) is 0 Å². The van der Waals surface area contributed by atoms with Crippen LogP contribution in [0.1, 0.15) is 22.3 Å². The lowest BCUT2D eigenvalue weighted by Gasteiger charge is -2.06. The number of rotatable bonds is 6. The summed E-state index contributed by atoms with van der Waals surface area (Å²) in [6, 6.07) is 47.0. The second kappa shape index (κ2) is 10.5. The van der Waals surface area contributed by atoms with E-state index in [0.29, 0.717) is 0 Å². The molecule has 0 unspecified atom stereocenters. The first kappa shape index (κ1) is 21.4. The van der Waals surface area contributed by atoms with E-state index in [1.807, 2.05) is 12.1 Å². The van der Waals surface area contributed by atoms with E-state index < -0.39 is 0 Å². The summed E-state index contributed by atoms with van der Waals surface area (Å²) in [4.78, 5) is 0. The summed E-state index contributed by atoms with van der Waals surface area (Å²) in [5, 5.41) is 0. The van der Waals surface area contributed by atoms with Gasteiger partial charge in [0.15, 0.2) is 0 Å². The van der Waals surface area contributed by atoms with Gasteiger partial charge in [-0.1, -0.05) is 158 Å². The Morgan fingerprint density at radius 1 is 0.235 bits per heavy atom. The molecule has 0 N–H and O–H groups in total. The van der Waals surface area contributed by atoms with Crippen molar-refractivity contribution in [3.05, 3.63) is 156 Å². The Morgan fingerprint density at radius 3 is 0.765 bits per heavy atom. The fourth-order valence-electron chi connectivity index (χ4n) is 3.94. The molecule has 0 saturated heterocycles. The lowest BCUT2D eigenvalue weighted by molar-refractivity contribution is 1.57. The zero-order valence-electron chi connectivity index (χ0n) is 19.0. The molecular weight excluding hydrogens is 408 g/mol. The fraction of sp³-hybridized carbons (Fsp3) is 0. The minimum atomic E-state index is 1.20. The van der Waals surface area contributed by atoms with Gasteiger partial charge >= 0.3 is 0 Å². The summed E-state index contributed by atoms with van der Waals surface area (Å²) in [6.07, 6.45) is 8.60. The van der Waals surface area contributed by atoms with Crippen LogP contribution in [0.15, 0.2) is 133 Å². The van der Waals surface area contributed by atoms with E-state index in [1.54, 1.807) is 0 Å². The Kier molecular flexibility index (Phi) is 6.59. The molecule has 0 amide bonds. The Labute approximate surface area is 202 Å². The van der Waals surface area contributed by atoms with Crippen LogP contribution in [0, 0.1) is 0 Å². The summed E-state index contributed by atoms with van der Waals surface area (Å²) in [5.41, 5.74) is 9.73. The number of hydrogen-bond donors (Lipinski definition) is 0. The van der Waals surface area contributed by atoms with Gasteiger partial charge in [0.25, 0.3) is 0 Å². The average Bonchev–Trinajstić information content (AvgIpc) is 2.93. The van der Waals surface area contributed by atoms with Crippen LogP contribution >= 0.6 is 0 Å². The van der Waals surface area contributed by atoms with Gasteiger partial charge in [-0.05, 0) is 44.5 Å². The topological polar surface area (TPSA) is 0 Å². The van der Waals surface area contributed by atoms with Gasteiger partial charge in [0.2, 0.25) is 0 Å². The van der Waals surface area contributed by atoms with Crippen LogP contribution < -0.4 is 0 Å². The molecule has 0 bridgehead atoms. The van der Waals surface area contributed by atoms with Crippen molar-refractivity contribution in [2.24, 2.45) is 0 Å². The van der Waals surface area contributed by atoms with Gasteiger partial charge < -0.3 is 0 Å². The molecule has 0 radical (unpaired) electrons. The van der Waals surface area contributed by atoms with Gasteiger partial charge in [-0.2, -0.15) is 0 Å². The Hall–Kier alpha value is -4.42. The lowest BCUT2D eigenvalue weighted by atomic mass is 9.99. The van der Waals surface area contributed by atoms with Crippen molar-refractivity contribution in [2.45, 2.75) is 0 Å². The summed E-state index contributed by atoms with van der Waals surface area (Å²) < 4.78 is 0. The SMILES string of the molecule is C(=Cc1ccc(-c2ccc(-c3ccc(C=Cc4ccccc4)cc3)cc2)cc1)c1ccccc1. The van der Waals surface area contributed by atoms with Crippen LogP contribution in [0.3, 0.4) is 0 Å². The molecule has 0 aliphatic carbocycles. The Morgan fingerprint density at radius 2 is 0.471 bits per heavy atom. The van der Waals surface area contributed by atoms with Crippen LogP contribution in [0.25, 0.3) is 46.6 Å². The van der Waals surface area contributed by atoms with E-state index in [1.165, 1.54) is 44.5 Å². The van der Waals surface area contributed by atoms with E-state index >= 15 is 0 Å². The first-order chi connectivity index (χ1) is 16.8. The molecule has 162 valence electrons. The zero-order chi connectivity index (χ0) is 23.0. The predicted octanol–water partition coefficient (Wildman–Crippen LogP) is 9.36.